The standard InChI is InChI=1S/C16H21NOS/c1-3-12-8-5-6-9-14(12)18-16(13(17)4-2)15-10-7-11-19-15/h5-11,13,16H,3-4,17H2,1-2H3. The number of hydrogen-bond donors (Lipinski definition) is 1. The molecule has 0 bridgehead atoms. The fraction of sp³-hybridized carbons (Fsp3) is 0.375. The largest absolute Gasteiger partial charge is 0.483 e. The summed E-state index contributed by atoms with van der Waals surface area (Å²) in [5, 5.41) is 2.07. The average molecular weight is 275 g/mol. The molecule has 2 atom stereocenters. The lowest BCUT2D eigenvalue weighted by Gasteiger charge is -2.24. The van der Waals surface area contributed by atoms with Gasteiger partial charge in [-0.2, -0.15) is 0 Å². The van der Waals surface area contributed by atoms with E-state index >= 15 is 0 Å². The normalized spacial score (nSPS) is 14.1. The van der Waals surface area contributed by atoms with E-state index in [4.69, 9.17) is 10.5 Å². The maximum Gasteiger partial charge on any atom is 0.148 e. The smallest absolute Gasteiger partial charge is 0.148 e. The fourth-order valence-corrected chi connectivity index (χ4v) is 2.90. The van der Waals surface area contributed by atoms with Crippen LogP contribution >= 0.6 is 11.3 Å². The van der Waals surface area contributed by atoms with Crippen LogP contribution in [0.1, 0.15) is 36.8 Å². The summed E-state index contributed by atoms with van der Waals surface area (Å²) in [4.78, 5) is 1.19. The van der Waals surface area contributed by atoms with Crippen LogP contribution in [0, 0.1) is 0 Å². The van der Waals surface area contributed by atoms with Crippen molar-refractivity contribution in [1.29, 1.82) is 0 Å². The van der Waals surface area contributed by atoms with Gasteiger partial charge in [-0.15, -0.1) is 11.3 Å². The van der Waals surface area contributed by atoms with Gasteiger partial charge in [0.1, 0.15) is 11.9 Å². The first kappa shape index (κ1) is 14.1. The van der Waals surface area contributed by atoms with Crippen LogP contribution in [-0.2, 0) is 6.42 Å². The first-order valence-corrected chi connectivity index (χ1v) is 7.67. The zero-order chi connectivity index (χ0) is 13.7. The van der Waals surface area contributed by atoms with Crippen LogP contribution in [0.25, 0.3) is 0 Å². The Morgan fingerprint density at radius 2 is 1.95 bits per heavy atom. The van der Waals surface area contributed by atoms with Crippen LogP contribution in [0.4, 0.5) is 0 Å². The Labute approximate surface area is 119 Å². The number of benzene rings is 1. The SMILES string of the molecule is CCc1ccccc1OC(c1cccs1)C(N)CC. The highest BCUT2D eigenvalue weighted by Crippen LogP contribution is 2.30. The Morgan fingerprint density at radius 1 is 1.16 bits per heavy atom. The summed E-state index contributed by atoms with van der Waals surface area (Å²) < 4.78 is 6.22. The van der Waals surface area contributed by atoms with E-state index < -0.39 is 0 Å². The van der Waals surface area contributed by atoms with Gasteiger partial charge in [0.25, 0.3) is 0 Å². The average Bonchev–Trinajstić information content (AvgIpc) is 2.98. The molecule has 102 valence electrons. The second kappa shape index (κ2) is 6.73. The van der Waals surface area contributed by atoms with E-state index in [-0.39, 0.29) is 12.1 Å². The lowest BCUT2D eigenvalue weighted by Crippen LogP contribution is -2.31. The lowest BCUT2D eigenvalue weighted by molar-refractivity contribution is 0.173. The molecule has 2 N–H and O–H groups in total. The Morgan fingerprint density at radius 3 is 2.58 bits per heavy atom. The van der Waals surface area contributed by atoms with Gasteiger partial charge in [0.05, 0.1) is 0 Å². The number of thiophene rings is 1. The van der Waals surface area contributed by atoms with Crippen LogP contribution in [0.3, 0.4) is 0 Å². The van der Waals surface area contributed by atoms with Crippen molar-refractivity contribution in [3.8, 4) is 5.75 Å². The molecule has 19 heavy (non-hydrogen) atoms. The molecule has 0 amide bonds. The summed E-state index contributed by atoms with van der Waals surface area (Å²) >= 11 is 1.70. The highest BCUT2D eigenvalue weighted by atomic mass is 32.1. The number of rotatable bonds is 6. The molecule has 0 saturated carbocycles. The summed E-state index contributed by atoms with van der Waals surface area (Å²) in [6.45, 7) is 4.24. The number of ether oxygens (including phenoxy) is 1. The van der Waals surface area contributed by atoms with Crippen LogP contribution in [0.5, 0.6) is 5.75 Å². The topological polar surface area (TPSA) is 35.2 Å². The molecule has 3 heteroatoms. The van der Waals surface area contributed by atoms with Gasteiger partial charge in [0, 0.05) is 10.9 Å². The first-order valence-electron chi connectivity index (χ1n) is 6.79. The van der Waals surface area contributed by atoms with Gasteiger partial charge in [-0.05, 0) is 35.9 Å². The van der Waals surface area contributed by atoms with E-state index in [1.165, 1.54) is 10.4 Å². The Balaban J connectivity index is 2.25. The van der Waals surface area contributed by atoms with Crippen molar-refractivity contribution < 1.29 is 4.74 Å². The van der Waals surface area contributed by atoms with Crippen molar-refractivity contribution in [1.82, 2.24) is 0 Å². The highest BCUT2D eigenvalue weighted by molar-refractivity contribution is 7.10. The summed E-state index contributed by atoms with van der Waals surface area (Å²) in [5.41, 5.74) is 7.46. The molecule has 2 unspecified atom stereocenters. The zero-order valence-corrected chi connectivity index (χ0v) is 12.3. The molecule has 0 fully saturated rings. The predicted octanol–water partition coefficient (Wildman–Crippen LogP) is 4.17. The van der Waals surface area contributed by atoms with Crippen LogP contribution in [0.15, 0.2) is 41.8 Å². The van der Waals surface area contributed by atoms with E-state index in [2.05, 4.69) is 31.4 Å². The summed E-state index contributed by atoms with van der Waals surface area (Å²) in [6, 6.07) is 12.4. The molecule has 1 aromatic carbocycles. The molecule has 0 radical (unpaired) electrons. The molecular weight excluding hydrogens is 254 g/mol. The molecule has 2 aromatic rings. The van der Waals surface area contributed by atoms with Crippen LogP contribution < -0.4 is 10.5 Å². The third kappa shape index (κ3) is 3.37. The third-order valence-corrected chi connectivity index (χ3v) is 4.23. The molecule has 1 heterocycles. The van der Waals surface area contributed by atoms with Crippen molar-refractivity contribution in [3.05, 3.63) is 52.2 Å². The molecule has 0 aliphatic carbocycles. The number of para-hydroxylation sites is 1. The minimum Gasteiger partial charge on any atom is -0.483 e. The maximum absolute atomic E-state index is 6.23. The minimum atomic E-state index is -0.0577. The van der Waals surface area contributed by atoms with E-state index in [0.29, 0.717) is 0 Å². The second-order valence-corrected chi connectivity index (χ2v) is 5.57. The molecule has 0 saturated heterocycles. The van der Waals surface area contributed by atoms with Crippen LogP contribution in [0.2, 0.25) is 0 Å². The zero-order valence-electron chi connectivity index (χ0n) is 11.5. The molecule has 2 nitrogen and oxygen atoms in total. The fourth-order valence-electron chi connectivity index (χ4n) is 2.07. The Bertz CT molecular complexity index is 495. The maximum atomic E-state index is 6.23. The van der Waals surface area contributed by atoms with Gasteiger partial charge in [-0.25, -0.2) is 0 Å². The summed E-state index contributed by atoms with van der Waals surface area (Å²) in [6.07, 6.45) is 1.81. The van der Waals surface area contributed by atoms with Gasteiger partial charge in [-0.3, -0.25) is 0 Å². The van der Waals surface area contributed by atoms with Crippen molar-refractivity contribution in [2.75, 3.05) is 0 Å². The lowest BCUT2D eigenvalue weighted by atomic mass is 10.1. The molecular formula is C16H21NOS. The summed E-state index contributed by atoms with van der Waals surface area (Å²) in [7, 11) is 0. The van der Waals surface area contributed by atoms with Crippen molar-refractivity contribution in [2.24, 2.45) is 5.73 Å². The van der Waals surface area contributed by atoms with E-state index in [9.17, 15) is 0 Å². The molecule has 1 aromatic heterocycles. The number of hydrogen-bond acceptors (Lipinski definition) is 3. The second-order valence-electron chi connectivity index (χ2n) is 4.59. The van der Waals surface area contributed by atoms with Gasteiger partial charge in [-0.1, -0.05) is 38.1 Å². The Kier molecular flexibility index (Phi) is 5.00. The number of aryl methyl sites for hydroxylation is 1. The quantitative estimate of drug-likeness (QED) is 0.859. The Hall–Kier alpha value is -1.32. The van der Waals surface area contributed by atoms with E-state index in [1.54, 1.807) is 11.3 Å². The summed E-state index contributed by atoms with van der Waals surface area (Å²) in [5.74, 6) is 0.951. The highest BCUT2D eigenvalue weighted by Gasteiger charge is 2.22. The molecule has 0 aliphatic heterocycles. The van der Waals surface area contributed by atoms with Crippen molar-refractivity contribution in [2.45, 2.75) is 38.8 Å². The van der Waals surface area contributed by atoms with Crippen LogP contribution in [-0.4, -0.2) is 6.04 Å². The molecule has 2 rings (SSSR count). The van der Waals surface area contributed by atoms with Crippen molar-refractivity contribution >= 4 is 11.3 Å². The first-order chi connectivity index (χ1) is 9.26. The number of nitrogens with two attached hydrogens (primary N) is 1. The monoisotopic (exact) mass is 275 g/mol. The van der Waals surface area contributed by atoms with Crippen molar-refractivity contribution in [3.63, 3.8) is 0 Å². The third-order valence-electron chi connectivity index (χ3n) is 3.29. The predicted molar refractivity (Wildman–Crippen MR) is 81.8 cm³/mol. The molecule has 0 spiro atoms. The van der Waals surface area contributed by atoms with Gasteiger partial charge in [0.2, 0.25) is 0 Å². The molecule has 0 aliphatic rings. The van der Waals surface area contributed by atoms with Gasteiger partial charge in [0.15, 0.2) is 0 Å². The van der Waals surface area contributed by atoms with E-state index in [1.807, 2.05) is 24.3 Å². The van der Waals surface area contributed by atoms with Gasteiger partial charge < -0.3 is 10.5 Å². The van der Waals surface area contributed by atoms with E-state index in [0.717, 1.165) is 18.6 Å². The van der Waals surface area contributed by atoms with Gasteiger partial charge >= 0.3 is 0 Å². The minimum absolute atomic E-state index is 0.0172.